The molecule has 0 bridgehead atoms. The molecule has 0 amide bonds. The molecule has 3 rings (SSSR count). The highest BCUT2D eigenvalue weighted by Gasteiger charge is 2.38. The fourth-order valence-electron chi connectivity index (χ4n) is 3.02. The van der Waals surface area contributed by atoms with Crippen LogP contribution in [-0.4, -0.2) is 55.5 Å². The number of aliphatic carboxylic acids is 1. The van der Waals surface area contributed by atoms with Gasteiger partial charge in [0, 0.05) is 36.9 Å². The molecule has 7 heteroatoms. The van der Waals surface area contributed by atoms with Gasteiger partial charge in [0.2, 0.25) is 5.90 Å². The van der Waals surface area contributed by atoms with Crippen molar-refractivity contribution >= 4 is 29.0 Å². The number of benzene rings is 1. The minimum atomic E-state index is -1.36. The molecule has 2 unspecified atom stereocenters. The number of Topliss-reactive ketones (excluding diaryl/α,β-unsaturated/α-hetero) is 1. The number of aliphatic imine (C=N–C) groups is 1. The van der Waals surface area contributed by atoms with Crippen molar-refractivity contribution in [2.24, 2.45) is 10.9 Å². The first-order valence-corrected chi connectivity index (χ1v) is 7.53. The monoisotopic (exact) mass is 317 g/mol. The molecule has 1 aromatic carbocycles. The zero-order valence-corrected chi connectivity index (χ0v) is 13.1. The maximum absolute atomic E-state index is 12.4. The second-order valence-electron chi connectivity index (χ2n) is 5.79. The average molecular weight is 317 g/mol. The predicted octanol–water partition coefficient (Wildman–Crippen LogP) is 1.06. The highest BCUT2D eigenvalue weighted by atomic mass is 16.5. The number of nitrogens with one attached hydrogen (secondary N) is 1. The van der Waals surface area contributed by atoms with Gasteiger partial charge >= 0.3 is 5.97 Å². The molecule has 122 valence electrons. The molecule has 2 aliphatic rings. The summed E-state index contributed by atoms with van der Waals surface area (Å²) in [4.78, 5) is 30.2. The van der Waals surface area contributed by atoms with E-state index in [-0.39, 0.29) is 5.90 Å². The smallest absolute Gasteiger partial charge is 0.324 e. The lowest BCUT2D eigenvalue weighted by atomic mass is 9.93. The molecule has 2 atom stereocenters. The van der Waals surface area contributed by atoms with Crippen molar-refractivity contribution in [2.45, 2.75) is 13.0 Å². The summed E-state index contributed by atoms with van der Waals surface area (Å²) in [6, 6.07) is 5.71. The van der Waals surface area contributed by atoms with E-state index in [4.69, 9.17) is 4.74 Å². The number of carboxylic acid groups (broad SMARTS) is 1. The number of anilines is 1. The van der Waals surface area contributed by atoms with E-state index in [2.05, 4.69) is 22.1 Å². The molecule has 0 aliphatic carbocycles. The Morgan fingerprint density at radius 2 is 2.26 bits per heavy atom. The van der Waals surface area contributed by atoms with E-state index in [1.54, 1.807) is 6.07 Å². The van der Waals surface area contributed by atoms with Crippen LogP contribution in [0.4, 0.5) is 11.4 Å². The van der Waals surface area contributed by atoms with Crippen LogP contribution in [0.25, 0.3) is 0 Å². The van der Waals surface area contributed by atoms with Crippen molar-refractivity contribution in [1.29, 1.82) is 0 Å². The summed E-state index contributed by atoms with van der Waals surface area (Å²) in [6.07, 6.45) is 0. The largest absolute Gasteiger partial charge is 0.483 e. The van der Waals surface area contributed by atoms with Crippen LogP contribution in [0.15, 0.2) is 23.2 Å². The summed E-state index contributed by atoms with van der Waals surface area (Å²) in [5.74, 6) is -3.17. The first-order chi connectivity index (χ1) is 11.0. The molecule has 7 nitrogen and oxygen atoms in total. The van der Waals surface area contributed by atoms with Gasteiger partial charge in [-0.05, 0) is 25.1 Å². The molecule has 1 fully saturated rings. The van der Waals surface area contributed by atoms with E-state index in [9.17, 15) is 14.7 Å². The number of hydrogen-bond acceptors (Lipinski definition) is 6. The molecule has 23 heavy (non-hydrogen) atoms. The van der Waals surface area contributed by atoms with Crippen LogP contribution in [0, 0.1) is 5.92 Å². The summed E-state index contributed by atoms with van der Waals surface area (Å²) >= 11 is 0. The van der Waals surface area contributed by atoms with Gasteiger partial charge in [0.25, 0.3) is 0 Å². The normalized spacial score (nSPS) is 24.0. The molecular weight excluding hydrogens is 298 g/mol. The number of carbonyl (C=O) groups is 2. The Hall–Kier alpha value is -2.41. The van der Waals surface area contributed by atoms with E-state index in [1.165, 1.54) is 7.11 Å². The number of hydrogen-bond donors (Lipinski definition) is 2. The first kappa shape index (κ1) is 15.5. The highest BCUT2D eigenvalue weighted by molar-refractivity contribution is 6.25. The topological polar surface area (TPSA) is 91.2 Å². The van der Waals surface area contributed by atoms with Crippen LogP contribution in [-0.2, 0) is 9.53 Å². The highest BCUT2D eigenvalue weighted by Crippen LogP contribution is 2.33. The summed E-state index contributed by atoms with van der Waals surface area (Å²) < 4.78 is 5.02. The molecule has 2 N–H and O–H groups in total. The van der Waals surface area contributed by atoms with Gasteiger partial charge in [0.1, 0.15) is 0 Å². The Bertz CT molecular complexity index is 686. The third kappa shape index (κ3) is 2.79. The molecule has 0 spiro atoms. The number of nitrogens with zero attached hydrogens (tertiary/aromatic N) is 2. The van der Waals surface area contributed by atoms with Crippen LogP contribution in [0.3, 0.4) is 0 Å². The predicted molar refractivity (Wildman–Crippen MR) is 85.7 cm³/mol. The number of carboxylic acids is 1. The Morgan fingerprint density at radius 3 is 2.91 bits per heavy atom. The Balaban J connectivity index is 1.98. The number of ether oxygens (including phenoxy) is 1. The zero-order valence-electron chi connectivity index (χ0n) is 13.1. The molecule has 0 aromatic heterocycles. The van der Waals surface area contributed by atoms with E-state index in [0.717, 1.165) is 25.3 Å². The van der Waals surface area contributed by atoms with Gasteiger partial charge in [0.05, 0.1) is 12.8 Å². The second-order valence-corrected chi connectivity index (χ2v) is 5.79. The van der Waals surface area contributed by atoms with Crippen molar-refractivity contribution in [1.82, 2.24) is 5.32 Å². The van der Waals surface area contributed by atoms with Gasteiger partial charge < -0.3 is 20.1 Å². The van der Waals surface area contributed by atoms with Gasteiger partial charge in [-0.2, -0.15) is 0 Å². The standard InChI is InChI=1S/C16H19N3O4/c1-9-8-19(6-5-17-9)10-3-4-11-12(7-10)18-15(23-2)13(14(11)20)16(21)22/h3-4,7,9,13,17H,5-6,8H2,1-2H3,(H,21,22). The van der Waals surface area contributed by atoms with Crippen molar-refractivity contribution in [3.05, 3.63) is 23.8 Å². The minimum Gasteiger partial charge on any atom is -0.483 e. The average Bonchev–Trinajstić information content (AvgIpc) is 2.53. The van der Waals surface area contributed by atoms with Crippen LogP contribution >= 0.6 is 0 Å². The van der Waals surface area contributed by atoms with Crippen molar-refractivity contribution in [2.75, 3.05) is 31.6 Å². The van der Waals surface area contributed by atoms with Crippen LogP contribution in [0.2, 0.25) is 0 Å². The zero-order chi connectivity index (χ0) is 16.6. The number of carbonyl (C=O) groups excluding carboxylic acids is 1. The fourth-order valence-corrected chi connectivity index (χ4v) is 3.02. The van der Waals surface area contributed by atoms with Crippen molar-refractivity contribution in [3.63, 3.8) is 0 Å². The minimum absolute atomic E-state index is 0.0687. The van der Waals surface area contributed by atoms with Crippen LogP contribution in [0.5, 0.6) is 0 Å². The maximum atomic E-state index is 12.4. The van der Waals surface area contributed by atoms with E-state index in [1.807, 2.05) is 12.1 Å². The Morgan fingerprint density at radius 1 is 1.48 bits per heavy atom. The quantitative estimate of drug-likeness (QED) is 0.793. The van der Waals surface area contributed by atoms with E-state index >= 15 is 0 Å². The summed E-state index contributed by atoms with van der Waals surface area (Å²) in [5, 5.41) is 12.6. The molecule has 1 saturated heterocycles. The first-order valence-electron chi connectivity index (χ1n) is 7.53. The van der Waals surface area contributed by atoms with E-state index < -0.39 is 17.7 Å². The second kappa shape index (κ2) is 6.00. The number of methoxy groups -OCH3 is 1. The molecule has 2 heterocycles. The van der Waals surface area contributed by atoms with Gasteiger partial charge in [-0.25, -0.2) is 4.99 Å². The van der Waals surface area contributed by atoms with Crippen molar-refractivity contribution < 1.29 is 19.4 Å². The summed E-state index contributed by atoms with van der Waals surface area (Å²) in [7, 11) is 1.33. The molecule has 0 saturated carbocycles. The lowest BCUT2D eigenvalue weighted by molar-refractivity contribution is -0.138. The number of ketones is 1. The maximum Gasteiger partial charge on any atom is 0.324 e. The van der Waals surface area contributed by atoms with Gasteiger partial charge in [-0.15, -0.1) is 0 Å². The summed E-state index contributed by atoms with van der Waals surface area (Å²) in [5.41, 5.74) is 1.76. The summed E-state index contributed by atoms with van der Waals surface area (Å²) in [6.45, 7) is 4.75. The number of rotatable bonds is 2. The van der Waals surface area contributed by atoms with Gasteiger partial charge in [-0.1, -0.05) is 0 Å². The SMILES string of the molecule is COC1=Nc2cc(N3CCNC(C)C3)ccc2C(=O)C1C(=O)O. The van der Waals surface area contributed by atoms with Crippen LogP contribution in [0.1, 0.15) is 17.3 Å². The van der Waals surface area contributed by atoms with Crippen molar-refractivity contribution in [3.8, 4) is 0 Å². The number of piperazine rings is 1. The lowest BCUT2D eigenvalue weighted by Crippen LogP contribution is -2.49. The Labute approximate surface area is 134 Å². The fraction of sp³-hybridized carbons (Fsp3) is 0.438. The lowest BCUT2D eigenvalue weighted by Gasteiger charge is -2.34. The molecule has 2 aliphatic heterocycles. The Kier molecular flexibility index (Phi) is 4.04. The van der Waals surface area contributed by atoms with E-state index in [0.29, 0.717) is 17.3 Å². The third-order valence-electron chi connectivity index (χ3n) is 4.18. The number of fused-ring (bicyclic) bond motifs is 1. The molecule has 0 radical (unpaired) electrons. The third-order valence-corrected chi connectivity index (χ3v) is 4.18. The van der Waals surface area contributed by atoms with Gasteiger partial charge in [-0.3, -0.25) is 9.59 Å². The molecule has 1 aromatic rings. The van der Waals surface area contributed by atoms with Gasteiger partial charge in [0.15, 0.2) is 11.7 Å². The van der Waals surface area contributed by atoms with Crippen LogP contribution < -0.4 is 10.2 Å². The molecular formula is C16H19N3O4.